The summed E-state index contributed by atoms with van der Waals surface area (Å²) in [5.74, 6) is 0.374. The van der Waals surface area contributed by atoms with Gasteiger partial charge in [-0.3, -0.25) is 14.7 Å². The maximum atomic E-state index is 13.0. The highest BCUT2D eigenvalue weighted by Crippen LogP contribution is 2.30. The average Bonchev–Trinajstić information content (AvgIpc) is 2.97. The van der Waals surface area contributed by atoms with E-state index in [1.165, 1.54) is 0 Å². The molecule has 3 aliphatic rings. The maximum Gasteiger partial charge on any atom is 0.274 e. The highest BCUT2D eigenvalue weighted by Gasteiger charge is 2.39. The molecule has 0 unspecified atom stereocenters. The molecule has 0 radical (unpaired) electrons. The molecule has 2 atom stereocenters. The van der Waals surface area contributed by atoms with Gasteiger partial charge in [-0.05, 0) is 43.4 Å². The minimum atomic E-state index is -0.0164. The van der Waals surface area contributed by atoms with Gasteiger partial charge in [-0.1, -0.05) is 31.5 Å². The summed E-state index contributed by atoms with van der Waals surface area (Å²) >= 11 is 0. The summed E-state index contributed by atoms with van der Waals surface area (Å²) in [7, 11) is 0. The van der Waals surface area contributed by atoms with Crippen LogP contribution in [0.5, 0.6) is 0 Å². The molecule has 3 aliphatic heterocycles. The van der Waals surface area contributed by atoms with Crippen LogP contribution in [-0.4, -0.2) is 57.5 Å². The summed E-state index contributed by atoms with van der Waals surface area (Å²) in [6, 6.07) is 11.3. The molecule has 2 amide bonds. The molecule has 0 spiro atoms. The summed E-state index contributed by atoms with van der Waals surface area (Å²) in [5.41, 5.74) is 2.21. The van der Waals surface area contributed by atoms with Gasteiger partial charge in [0.05, 0.1) is 0 Å². The van der Waals surface area contributed by atoms with Crippen molar-refractivity contribution in [2.45, 2.75) is 38.6 Å². The number of aromatic amines is 1. The van der Waals surface area contributed by atoms with E-state index in [1.807, 2.05) is 46.2 Å². The van der Waals surface area contributed by atoms with Gasteiger partial charge in [-0.25, -0.2) is 0 Å². The van der Waals surface area contributed by atoms with E-state index in [9.17, 15) is 9.59 Å². The van der Waals surface area contributed by atoms with E-state index in [2.05, 4.69) is 17.1 Å². The Morgan fingerprint density at radius 2 is 1.93 bits per heavy atom. The van der Waals surface area contributed by atoms with Crippen molar-refractivity contribution in [2.75, 3.05) is 19.6 Å². The monoisotopic (exact) mass is 366 g/mol. The van der Waals surface area contributed by atoms with Crippen LogP contribution in [0, 0.1) is 5.92 Å². The largest absolute Gasteiger partial charge is 0.336 e. The number of carbonyl (C=O) groups is 2. The lowest BCUT2D eigenvalue weighted by atomic mass is 9.94. The van der Waals surface area contributed by atoms with Crippen LogP contribution in [-0.2, 0) is 6.42 Å². The first-order valence-electron chi connectivity index (χ1n) is 9.85. The van der Waals surface area contributed by atoms with Gasteiger partial charge in [-0.2, -0.15) is 5.10 Å². The van der Waals surface area contributed by atoms with E-state index in [4.69, 9.17) is 0 Å². The Hall–Kier alpha value is -2.63. The number of piperidine rings is 1. The van der Waals surface area contributed by atoms with Crippen LogP contribution in [0.15, 0.2) is 36.4 Å². The fourth-order valence-corrected chi connectivity index (χ4v) is 4.28. The van der Waals surface area contributed by atoms with Crippen molar-refractivity contribution in [3.63, 3.8) is 0 Å². The molecule has 3 fully saturated rings. The van der Waals surface area contributed by atoms with Crippen molar-refractivity contribution in [1.82, 2.24) is 20.0 Å². The quantitative estimate of drug-likeness (QED) is 0.905. The van der Waals surface area contributed by atoms with Crippen LogP contribution in [0.1, 0.15) is 52.7 Å². The molecular weight excluding hydrogens is 340 g/mol. The molecule has 1 N–H and O–H groups in total. The first-order valence-corrected chi connectivity index (χ1v) is 9.85. The number of hydrogen-bond acceptors (Lipinski definition) is 3. The molecule has 1 aromatic carbocycles. The SMILES string of the molecule is CCCc1cc(C(=O)N2C[C@H]3CC[C@@H]2CN(C(=O)c2ccccc2)C3)n[nH]1. The normalized spacial score (nSPS) is 22.0. The number of carbonyl (C=O) groups excluding carboxylic acids is 2. The van der Waals surface area contributed by atoms with Crippen molar-refractivity contribution in [3.05, 3.63) is 53.3 Å². The molecular formula is C21H26N4O2. The maximum absolute atomic E-state index is 13.0. The predicted octanol–water partition coefficient (Wildman–Crippen LogP) is 2.74. The Morgan fingerprint density at radius 3 is 2.70 bits per heavy atom. The molecule has 3 saturated heterocycles. The standard InChI is InChI=1S/C21H26N4O2/c1-2-6-17-11-19(23-22-17)21(27)25-13-15-9-10-18(25)14-24(12-15)20(26)16-7-4-3-5-8-16/h3-5,7-8,11,15,18H,2,6,9-10,12-14H2,1H3,(H,22,23)/t15-,18+/m0/s1. The second kappa shape index (κ2) is 7.55. The molecule has 142 valence electrons. The average molecular weight is 366 g/mol. The minimum absolute atomic E-state index is 0.0164. The van der Waals surface area contributed by atoms with Crippen LogP contribution < -0.4 is 0 Å². The molecule has 27 heavy (non-hydrogen) atoms. The third-order valence-electron chi connectivity index (χ3n) is 5.65. The van der Waals surface area contributed by atoms with E-state index >= 15 is 0 Å². The minimum Gasteiger partial charge on any atom is -0.336 e. The van der Waals surface area contributed by atoms with Gasteiger partial charge in [0.2, 0.25) is 0 Å². The highest BCUT2D eigenvalue weighted by atomic mass is 16.2. The number of aryl methyl sites for hydroxylation is 1. The van der Waals surface area contributed by atoms with E-state index in [0.29, 0.717) is 30.3 Å². The number of benzene rings is 1. The first kappa shape index (κ1) is 17.8. The lowest BCUT2D eigenvalue weighted by Crippen LogP contribution is -2.47. The molecule has 2 aromatic rings. The summed E-state index contributed by atoms with van der Waals surface area (Å²) < 4.78 is 0. The number of hydrogen-bond donors (Lipinski definition) is 1. The van der Waals surface area contributed by atoms with Crippen molar-refractivity contribution in [2.24, 2.45) is 5.92 Å². The number of nitrogens with one attached hydrogen (secondary N) is 1. The number of aromatic nitrogens is 2. The smallest absolute Gasteiger partial charge is 0.274 e. The van der Waals surface area contributed by atoms with E-state index in [-0.39, 0.29) is 17.9 Å². The van der Waals surface area contributed by atoms with Gasteiger partial charge in [0, 0.05) is 36.9 Å². The van der Waals surface area contributed by atoms with Crippen LogP contribution in [0.4, 0.5) is 0 Å². The van der Waals surface area contributed by atoms with Gasteiger partial charge < -0.3 is 9.80 Å². The molecule has 4 heterocycles. The Morgan fingerprint density at radius 1 is 1.11 bits per heavy atom. The fourth-order valence-electron chi connectivity index (χ4n) is 4.28. The Kier molecular flexibility index (Phi) is 4.97. The van der Waals surface area contributed by atoms with Gasteiger partial charge in [0.25, 0.3) is 11.8 Å². The number of rotatable bonds is 4. The van der Waals surface area contributed by atoms with Gasteiger partial charge >= 0.3 is 0 Å². The van der Waals surface area contributed by atoms with Crippen LogP contribution >= 0.6 is 0 Å². The molecule has 1 aromatic heterocycles. The third-order valence-corrected chi connectivity index (χ3v) is 5.65. The van der Waals surface area contributed by atoms with Crippen LogP contribution in [0.3, 0.4) is 0 Å². The summed E-state index contributed by atoms with van der Waals surface area (Å²) in [4.78, 5) is 29.8. The molecule has 6 nitrogen and oxygen atoms in total. The Labute approximate surface area is 159 Å². The number of nitrogens with zero attached hydrogens (tertiary/aromatic N) is 3. The zero-order valence-electron chi connectivity index (χ0n) is 15.7. The highest BCUT2D eigenvalue weighted by molar-refractivity contribution is 5.95. The molecule has 6 heteroatoms. The van der Waals surface area contributed by atoms with Crippen molar-refractivity contribution in [3.8, 4) is 0 Å². The zero-order valence-corrected chi connectivity index (χ0v) is 15.7. The van der Waals surface area contributed by atoms with Crippen molar-refractivity contribution < 1.29 is 9.59 Å². The second-order valence-corrected chi connectivity index (χ2v) is 7.66. The first-order chi connectivity index (χ1) is 13.2. The van der Waals surface area contributed by atoms with Crippen LogP contribution in [0.2, 0.25) is 0 Å². The van der Waals surface area contributed by atoms with Gasteiger partial charge in [0.15, 0.2) is 0 Å². The van der Waals surface area contributed by atoms with E-state index < -0.39 is 0 Å². The summed E-state index contributed by atoms with van der Waals surface area (Å²) in [5, 5.41) is 7.20. The lowest BCUT2D eigenvalue weighted by molar-refractivity contribution is 0.0569. The number of amides is 2. The third kappa shape index (κ3) is 3.61. The molecule has 2 bridgehead atoms. The Bertz CT molecular complexity index is 817. The lowest BCUT2D eigenvalue weighted by Gasteiger charge is -2.35. The number of fused-ring (bicyclic) bond motifs is 4. The van der Waals surface area contributed by atoms with Crippen LogP contribution in [0.25, 0.3) is 0 Å². The molecule has 0 aliphatic carbocycles. The van der Waals surface area contributed by atoms with Crippen molar-refractivity contribution >= 4 is 11.8 Å². The summed E-state index contributed by atoms with van der Waals surface area (Å²) in [6.45, 7) is 4.13. The van der Waals surface area contributed by atoms with Gasteiger partial charge in [-0.15, -0.1) is 0 Å². The second-order valence-electron chi connectivity index (χ2n) is 7.66. The number of H-pyrrole nitrogens is 1. The summed E-state index contributed by atoms with van der Waals surface area (Å²) in [6.07, 6.45) is 3.92. The predicted molar refractivity (Wildman–Crippen MR) is 102 cm³/mol. The van der Waals surface area contributed by atoms with E-state index in [1.54, 1.807) is 0 Å². The zero-order chi connectivity index (χ0) is 18.8. The topological polar surface area (TPSA) is 69.3 Å². The molecule has 5 rings (SSSR count). The Balaban J connectivity index is 1.51. The van der Waals surface area contributed by atoms with Crippen molar-refractivity contribution in [1.29, 1.82) is 0 Å². The molecule has 0 saturated carbocycles. The van der Waals surface area contributed by atoms with E-state index in [0.717, 1.165) is 37.9 Å². The fraction of sp³-hybridized carbons (Fsp3) is 0.476. The van der Waals surface area contributed by atoms with Gasteiger partial charge in [0.1, 0.15) is 5.69 Å².